The van der Waals surface area contributed by atoms with Gasteiger partial charge in [-0.15, -0.1) is 15.3 Å². The maximum atomic E-state index is 9.93. The monoisotopic (exact) mass is 443 g/mol. The molecule has 4 heterocycles. The SMILES string of the molecule is Cc1n[nH]c2c(/N=N/c3ccc4nnc5c(C#N)cnn5c4c3)c(-c3ccccc3)c(C#N)n12. The summed E-state index contributed by atoms with van der Waals surface area (Å²) in [5.74, 6) is 0.642. The molecule has 0 saturated carbocycles. The molecule has 0 spiro atoms. The number of aromatic nitrogens is 7. The quantitative estimate of drug-likeness (QED) is 0.401. The maximum absolute atomic E-state index is 9.93. The highest BCUT2D eigenvalue weighted by Crippen LogP contribution is 2.40. The lowest BCUT2D eigenvalue weighted by Crippen LogP contribution is -1.96. The average molecular weight is 443 g/mol. The van der Waals surface area contributed by atoms with Gasteiger partial charge in [-0.25, -0.2) is 4.52 Å². The number of azo groups is 1. The normalized spacial score (nSPS) is 11.5. The summed E-state index contributed by atoms with van der Waals surface area (Å²) in [6.07, 6.45) is 1.45. The van der Waals surface area contributed by atoms with Crippen molar-refractivity contribution in [2.75, 3.05) is 0 Å². The van der Waals surface area contributed by atoms with E-state index in [0.717, 1.165) is 5.56 Å². The van der Waals surface area contributed by atoms with E-state index in [-0.39, 0.29) is 0 Å². The van der Waals surface area contributed by atoms with Crippen molar-refractivity contribution >= 4 is 33.7 Å². The largest absolute Gasteiger partial charge is 0.269 e. The van der Waals surface area contributed by atoms with E-state index < -0.39 is 0 Å². The Kier molecular flexibility index (Phi) is 4.15. The van der Waals surface area contributed by atoms with Crippen molar-refractivity contribution in [2.45, 2.75) is 6.92 Å². The number of nitriles is 2. The summed E-state index contributed by atoms with van der Waals surface area (Å²) in [5.41, 5.74) is 5.53. The van der Waals surface area contributed by atoms with Crippen molar-refractivity contribution in [3.8, 4) is 23.3 Å². The summed E-state index contributed by atoms with van der Waals surface area (Å²) < 4.78 is 3.29. The van der Waals surface area contributed by atoms with Gasteiger partial charge in [-0.1, -0.05) is 30.3 Å². The lowest BCUT2D eigenvalue weighted by atomic mass is 10.1. The molecule has 34 heavy (non-hydrogen) atoms. The third-order valence-corrected chi connectivity index (χ3v) is 5.53. The minimum atomic E-state index is 0.337. The van der Waals surface area contributed by atoms with Gasteiger partial charge >= 0.3 is 0 Å². The van der Waals surface area contributed by atoms with E-state index in [2.05, 4.69) is 47.9 Å². The zero-order valence-electron chi connectivity index (χ0n) is 17.7. The van der Waals surface area contributed by atoms with Crippen LogP contribution in [0.1, 0.15) is 17.1 Å². The summed E-state index contributed by atoms with van der Waals surface area (Å²) in [5, 5.41) is 47.9. The number of aryl methyl sites for hydroxylation is 1. The number of aromatic amines is 1. The highest BCUT2D eigenvalue weighted by molar-refractivity contribution is 5.90. The Morgan fingerprint density at radius 3 is 2.65 bits per heavy atom. The van der Waals surface area contributed by atoms with Crippen LogP contribution in [0.15, 0.2) is 65.0 Å². The van der Waals surface area contributed by atoms with Crippen LogP contribution in [0.2, 0.25) is 0 Å². The fourth-order valence-corrected chi connectivity index (χ4v) is 3.98. The van der Waals surface area contributed by atoms with Crippen LogP contribution < -0.4 is 0 Å². The summed E-state index contributed by atoms with van der Waals surface area (Å²) >= 11 is 0. The smallest absolute Gasteiger partial charge is 0.195 e. The number of H-pyrrole nitrogens is 1. The summed E-state index contributed by atoms with van der Waals surface area (Å²) in [7, 11) is 0. The molecule has 0 saturated heterocycles. The Labute approximate surface area is 191 Å². The first kappa shape index (κ1) is 19.3. The van der Waals surface area contributed by atoms with Crippen LogP contribution in [0.5, 0.6) is 0 Å². The minimum Gasteiger partial charge on any atom is -0.269 e. The first-order chi connectivity index (χ1) is 16.7. The van der Waals surface area contributed by atoms with Gasteiger partial charge < -0.3 is 0 Å². The Morgan fingerprint density at radius 2 is 1.85 bits per heavy atom. The third kappa shape index (κ3) is 2.75. The predicted molar refractivity (Wildman–Crippen MR) is 122 cm³/mol. The lowest BCUT2D eigenvalue weighted by Gasteiger charge is -2.02. The third-order valence-electron chi connectivity index (χ3n) is 5.53. The summed E-state index contributed by atoms with van der Waals surface area (Å²) in [6, 6.07) is 19.2. The number of benzene rings is 2. The molecule has 6 aromatic rings. The minimum absolute atomic E-state index is 0.337. The molecule has 11 nitrogen and oxygen atoms in total. The molecule has 0 unspecified atom stereocenters. The Hall–Kier alpha value is -5.42. The standard InChI is InChI=1S/C23H13N11/c1-13-27-32-23-21(20(19(11-25)33(13)23)14-5-3-2-4-6-14)30-28-16-7-8-17-18(9-16)34-22(31-29-17)15(10-24)12-26-34/h2-9,12,32H,1H3/b30-28+. The second kappa shape index (κ2) is 7.32. The second-order valence-electron chi connectivity index (χ2n) is 7.48. The molecule has 1 N–H and O–H groups in total. The molecular formula is C23H13N11. The van der Waals surface area contributed by atoms with Gasteiger partial charge in [0.2, 0.25) is 0 Å². The highest BCUT2D eigenvalue weighted by Gasteiger charge is 2.23. The van der Waals surface area contributed by atoms with Gasteiger partial charge in [0.15, 0.2) is 11.3 Å². The van der Waals surface area contributed by atoms with E-state index in [1.54, 1.807) is 27.1 Å². The molecule has 0 atom stereocenters. The van der Waals surface area contributed by atoms with Crippen LogP contribution in [0.25, 0.3) is 33.5 Å². The van der Waals surface area contributed by atoms with Crippen LogP contribution in [-0.4, -0.2) is 34.4 Å². The van der Waals surface area contributed by atoms with Gasteiger partial charge in [0, 0.05) is 5.56 Å². The van der Waals surface area contributed by atoms with Crippen molar-refractivity contribution < 1.29 is 0 Å². The fourth-order valence-electron chi connectivity index (χ4n) is 3.98. The van der Waals surface area contributed by atoms with Gasteiger partial charge in [-0.3, -0.25) is 9.50 Å². The Balaban J connectivity index is 1.54. The van der Waals surface area contributed by atoms with Crippen LogP contribution in [0.3, 0.4) is 0 Å². The van der Waals surface area contributed by atoms with Gasteiger partial charge in [-0.2, -0.15) is 25.8 Å². The molecule has 0 aliphatic carbocycles. The number of rotatable bonds is 3. The molecule has 11 heteroatoms. The fraction of sp³-hybridized carbons (Fsp3) is 0.0435. The molecule has 160 valence electrons. The van der Waals surface area contributed by atoms with Crippen molar-refractivity contribution in [1.29, 1.82) is 10.5 Å². The van der Waals surface area contributed by atoms with E-state index in [9.17, 15) is 10.5 Å². The van der Waals surface area contributed by atoms with Crippen LogP contribution >= 0.6 is 0 Å². The Bertz CT molecular complexity index is 1840. The van der Waals surface area contributed by atoms with Crippen LogP contribution in [0.4, 0.5) is 11.4 Å². The molecule has 0 aliphatic heterocycles. The van der Waals surface area contributed by atoms with Gasteiger partial charge in [0.1, 0.15) is 40.4 Å². The van der Waals surface area contributed by atoms with E-state index in [0.29, 0.717) is 56.3 Å². The van der Waals surface area contributed by atoms with E-state index in [1.165, 1.54) is 6.20 Å². The maximum Gasteiger partial charge on any atom is 0.195 e. The van der Waals surface area contributed by atoms with E-state index in [4.69, 9.17) is 0 Å². The van der Waals surface area contributed by atoms with Crippen LogP contribution in [-0.2, 0) is 0 Å². The zero-order chi connectivity index (χ0) is 23.2. The molecule has 0 aliphatic rings. The highest BCUT2D eigenvalue weighted by atomic mass is 15.3. The number of fused-ring (bicyclic) bond motifs is 4. The average Bonchev–Trinajstić information content (AvgIpc) is 3.56. The Morgan fingerprint density at radius 1 is 1.00 bits per heavy atom. The first-order valence-corrected chi connectivity index (χ1v) is 10.2. The molecular weight excluding hydrogens is 430 g/mol. The first-order valence-electron chi connectivity index (χ1n) is 10.2. The molecule has 4 aromatic heterocycles. The second-order valence-corrected chi connectivity index (χ2v) is 7.48. The molecule has 0 amide bonds. The van der Waals surface area contributed by atoms with Crippen molar-refractivity contribution in [1.82, 2.24) is 34.4 Å². The summed E-state index contributed by atoms with van der Waals surface area (Å²) in [4.78, 5) is 0. The molecule has 2 aromatic carbocycles. The molecule has 0 bridgehead atoms. The molecule has 0 fully saturated rings. The zero-order valence-corrected chi connectivity index (χ0v) is 17.7. The van der Waals surface area contributed by atoms with Crippen molar-refractivity contribution in [2.24, 2.45) is 10.2 Å². The lowest BCUT2D eigenvalue weighted by molar-refractivity contribution is 0.942. The predicted octanol–water partition coefficient (Wildman–Crippen LogP) is 4.39. The van der Waals surface area contributed by atoms with Crippen molar-refractivity contribution in [3.63, 3.8) is 0 Å². The van der Waals surface area contributed by atoms with Crippen LogP contribution in [0, 0.1) is 29.6 Å². The van der Waals surface area contributed by atoms with E-state index >= 15 is 0 Å². The van der Waals surface area contributed by atoms with Gasteiger partial charge in [-0.05, 0) is 30.7 Å². The number of hydrogen-bond acceptors (Lipinski definition) is 8. The van der Waals surface area contributed by atoms with Gasteiger partial charge in [0.25, 0.3) is 0 Å². The number of nitrogens with zero attached hydrogens (tertiary/aromatic N) is 10. The topological polar surface area (TPSA) is 148 Å². The number of nitrogens with one attached hydrogen (secondary N) is 1. The van der Waals surface area contributed by atoms with Gasteiger partial charge in [0.05, 0.1) is 17.4 Å². The van der Waals surface area contributed by atoms with E-state index in [1.807, 2.05) is 37.3 Å². The molecule has 0 radical (unpaired) electrons. The number of hydrogen-bond donors (Lipinski definition) is 1. The summed E-state index contributed by atoms with van der Waals surface area (Å²) in [6.45, 7) is 1.81. The van der Waals surface area contributed by atoms with Crippen molar-refractivity contribution in [3.05, 3.63) is 71.8 Å². The molecule has 6 rings (SSSR count).